The molecular weight excluding hydrogens is 379 g/mol. The van der Waals surface area contributed by atoms with Crippen molar-refractivity contribution >= 4 is 33.2 Å². The van der Waals surface area contributed by atoms with Gasteiger partial charge in [-0.15, -0.1) is 0 Å². The second-order valence-electron chi connectivity index (χ2n) is 6.92. The minimum Gasteiger partial charge on any atom is -0.322 e. The molecule has 0 aliphatic rings. The maximum Gasteiger partial charge on any atom is 0.255 e. The number of carbonyl (C=O) groups excluding carboxylic acids is 1. The summed E-state index contributed by atoms with van der Waals surface area (Å²) in [6, 6.07) is 8.16. The predicted molar refractivity (Wildman–Crippen MR) is 101 cm³/mol. The molecule has 1 amide bonds. The Bertz CT molecular complexity index is 953. The van der Waals surface area contributed by atoms with Crippen LogP contribution in [0.5, 0.6) is 0 Å². The molecule has 0 heterocycles. The highest BCUT2D eigenvalue weighted by atomic mass is 35.5. The first kappa shape index (κ1) is 20.4. The lowest BCUT2D eigenvalue weighted by atomic mass is 10.1. The summed E-state index contributed by atoms with van der Waals surface area (Å²) in [4.78, 5) is 12.5. The molecule has 0 aliphatic heterocycles. The molecule has 2 N–H and O–H groups in total. The van der Waals surface area contributed by atoms with E-state index in [-0.39, 0.29) is 21.2 Å². The molecule has 2 aromatic rings. The highest BCUT2D eigenvalue weighted by Crippen LogP contribution is 2.21. The highest BCUT2D eigenvalue weighted by molar-refractivity contribution is 7.89. The minimum atomic E-state index is -3.78. The topological polar surface area (TPSA) is 75.3 Å². The highest BCUT2D eigenvalue weighted by Gasteiger charge is 2.23. The van der Waals surface area contributed by atoms with E-state index in [2.05, 4.69) is 10.0 Å². The van der Waals surface area contributed by atoms with Crippen LogP contribution in [-0.2, 0) is 10.0 Å². The number of amides is 1. The summed E-state index contributed by atoms with van der Waals surface area (Å²) in [5, 5.41) is 2.49. The zero-order valence-electron chi connectivity index (χ0n) is 14.9. The molecule has 0 spiro atoms. The summed E-state index contributed by atoms with van der Waals surface area (Å²) in [6.45, 7) is 6.86. The Morgan fingerprint density at radius 2 is 1.77 bits per heavy atom. The molecule has 0 bridgehead atoms. The van der Waals surface area contributed by atoms with Gasteiger partial charge in [-0.05, 0) is 63.6 Å². The molecule has 0 atom stereocenters. The number of aryl methyl sites for hydroxylation is 1. The van der Waals surface area contributed by atoms with Crippen molar-refractivity contribution in [2.45, 2.75) is 38.1 Å². The Hall–Kier alpha value is -1.96. The van der Waals surface area contributed by atoms with Crippen molar-refractivity contribution in [3.05, 3.63) is 58.4 Å². The summed E-state index contributed by atoms with van der Waals surface area (Å²) in [6.07, 6.45) is 0. The van der Waals surface area contributed by atoms with Crippen molar-refractivity contribution in [1.29, 1.82) is 0 Å². The average molecular weight is 399 g/mol. The number of halogens is 2. The van der Waals surface area contributed by atoms with Crippen LogP contribution in [-0.4, -0.2) is 19.9 Å². The van der Waals surface area contributed by atoms with Crippen molar-refractivity contribution in [2.24, 2.45) is 0 Å². The Morgan fingerprint density at radius 1 is 1.12 bits per heavy atom. The molecular formula is C18H20ClFN2O3S. The fraction of sp³-hybridized carbons (Fsp3) is 0.278. The van der Waals surface area contributed by atoms with Gasteiger partial charge >= 0.3 is 0 Å². The first-order chi connectivity index (χ1) is 11.9. The van der Waals surface area contributed by atoms with Crippen molar-refractivity contribution in [2.75, 3.05) is 5.32 Å². The SMILES string of the molecule is Cc1ccc(S(=O)(=O)NC(C)(C)C)cc1C(=O)Nc1ccc(Cl)c(F)c1. The molecule has 0 fully saturated rings. The third kappa shape index (κ3) is 5.03. The van der Waals surface area contributed by atoms with Gasteiger partial charge in [0.2, 0.25) is 10.0 Å². The fourth-order valence-corrected chi connectivity index (χ4v) is 3.81. The normalized spacial score (nSPS) is 12.1. The second kappa shape index (κ2) is 7.34. The Labute approximate surface area is 157 Å². The van der Waals surface area contributed by atoms with Crippen LogP contribution in [0, 0.1) is 12.7 Å². The zero-order valence-corrected chi connectivity index (χ0v) is 16.4. The molecule has 5 nitrogen and oxygen atoms in total. The molecule has 0 saturated heterocycles. The van der Waals surface area contributed by atoms with Gasteiger partial charge in [0.15, 0.2) is 0 Å². The van der Waals surface area contributed by atoms with Gasteiger partial charge in [-0.25, -0.2) is 17.5 Å². The van der Waals surface area contributed by atoms with Gasteiger partial charge in [0.05, 0.1) is 9.92 Å². The summed E-state index contributed by atoms with van der Waals surface area (Å²) in [5.41, 5.74) is 0.327. The smallest absolute Gasteiger partial charge is 0.255 e. The van der Waals surface area contributed by atoms with Crippen LogP contribution >= 0.6 is 11.6 Å². The number of sulfonamides is 1. The van der Waals surface area contributed by atoms with Crippen molar-refractivity contribution in [1.82, 2.24) is 4.72 Å². The van der Waals surface area contributed by atoms with Crippen LogP contribution < -0.4 is 10.0 Å². The summed E-state index contributed by atoms with van der Waals surface area (Å²) in [7, 11) is -3.78. The van der Waals surface area contributed by atoms with Gasteiger partial charge in [0.25, 0.3) is 5.91 Å². The molecule has 8 heteroatoms. The molecule has 2 aromatic carbocycles. The standard InChI is InChI=1S/C18H20ClFN2O3S/c1-11-5-7-13(26(24,25)22-18(2,3)4)10-14(11)17(23)21-12-6-8-15(19)16(20)9-12/h5-10,22H,1-4H3,(H,21,23). The second-order valence-corrected chi connectivity index (χ2v) is 9.00. The quantitative estimate of drug-likeness (QED) is 0.813. The number of carbonyl (C=O) groups is 1. The van der Waals surface area contributed by atoms with E-state index < -0.39 is 27.3 Å². The molecule has 0 radical (unpaired) electrons. The number of hydrogen-bond donors (Lipinski definition) is 2. The number of anilines is 1. The number of rotatable bonds is 4. The maximum absolute atomic E-state index is 13.5. The number of nitrogens with one attached hydrogen (secondary N) is 2. The van der Waals surface area contributed by atoms with Crippen LogP contribution in [0.15, 0.2) is 41.3 Å². The van der Waals surface area contributed by atoms with Crippen LogP contribution in [0.3, 0.4) is 0 Å². The molecule has 140 valence electrons. The van der Waals surface area contributed by atoms with Crippen LogP contribution in [0.4, 0.5) is 10.1 Å². The van der Waals surface area contributed by atoms with Crippen molar-refractivity contribution in [3.8, 4) is 0 Å². The van der Waals surface area contributed by atoms with Gasteiger partial charge in [-0.2, -0.15) is 0 Å². The Balaban J connectivity index is 2.34. The first-order valence-corrected chi connectivity index (χ1v) is 9.66. The first-order valence-electron chi connectivity index (χ1n) is 7.80. The number of hydrogen-bond acceptors (Lipinski definition) is 3. The van der Waals surface area contributed by atoms with Crippen molar-refractivity contribution < 1.29 is 17.6 Å². The maximum atomic E-state index is 13.5. The minimum absolute atomic E-state index is 0.0227. The van der Waals surface area contributed by atoms with E-state index in [1.807, 2.05) is 0 Å². The van der Waals surface area contributed by atoms with E-state index in [0.29, 0.717) is 5.56 Å². The molecule has 0 saturated carbocycles. The molecule has 0 aromatic heterocycles. The van der Waals surface area contributed by atoms with Gasteiger partial charge in [0, 0.05) is 16.8 Å². The lowest BCUT2D eigenvalue weighted by Crippen LogP contribution is -2.40. The molecule has 26 heavy (non-hydrogen) atoms. The number of benzene rings is 2. The molecule has 0 aliphatic carbocycles. The van der Waals surface area contributed by atoms with E-state index in [1.54, 1.807) is 33.8 Å². The molecule has 0 unspecified atom stereocenters. The zero-order chi connectivity index (χ0) is 19.7. The van der Waals surface area contributed by atoms with Gasteiger partial charge in [-0.3, -0.25) is 4.79 Å². The van der Waals surface area contributed by atoms with Crippen LogP contribution in [0.1, 0.15) is 36.7 Å². The van der Waals surface area contributed by atoms with Crippen LogP contribution in [0.2, 0.25) is 5.02 Å². The van der Waals surface area contributed by atoms with Gasteiger partial charge in [-0.1, -0.05) is 17.7 Å². The lowest BCUT2D eigenvalue weighted by molar-refractivity contribution is 0.102. The summed E-state index contributed by atoms with van der Waals surface area (Å²) >= 11 is 5.62. The average Bonchev–Trinajstić information content (AvgIpc) is 2.48. The molecule has 2 rings (SSSR count). The monoisotopic (exact) mass is 398 g/mol. The largest absolute Gasteiger partial charge is 0.322 e. The van der Waals surface area contributed by atoms with E-state index in [9.17, 15) is 17.6 Å². The Kier molecular flexibility index (Phi) is 5.75. The van der Waals surface area contributed by atoms with E-state index in [4.69, 9.17) is 11.6 Å². The fourth-order valence-electron chi connectivity index (χ4n) is 2.25. The lowest BCUT2D eigenvalue weighted by Gasteiger charge is -2.20. The third-order valence-electron chi connectivity index (χ3n) is 3.38. The summed E-state index contributed by atoms with van der Waals surface area (Å²) in [5.74, 6) is -1.20. The van der Waals surface area contributed by atoms with E-state index in [1.165, 1.54) is 24.3 Å². The predicted octanol–water partition coefficient (Wildman–Crippen LogP) is 4.12. The van der Waals surface area contributed by atoms with E-state index in [0.717, 1.165) is 6.07 Å². The Morgan fingerprint density at radius 3 is 2.35 bits per heavy atom. The van der Waals surface area contributed by atoms with E-state index >= 15 is 0 Å². The van der Waals surface area contributed by atoms with Crippen molar-refractivity contribution in [3.63, 3.8) is 0 Å². The summed E-state index contributed by atoms with van der Waals surface area (Å²) < 4.78 is 41.0. The third-order valence-corrected chi connectivity index (χ3v) is 5.44. The van der Waals surface area contributed by atoms with Crippen LogP contribution in [0.25, 0.3) is 0 Å². The van der Waals surface area contributed by atoms with Gasteiger partial charge in [0.1, 0.15) is 5.82 Å². The van der Waals surface area contributed by atoms with Gasteiger partial charge < -0.3 is 5.32 Å².